The Balaban J connectivity index is 0.000000192. The van der Waals surface area contributed by atoms with E-state index in [9.17, 15) is 0 Å². The first kappa shape index (κ1) is 43.6. The minimum atomic E-state index is 0.570. The minimum Gasteiger partial charge on any atom is -0.494 e. The van der Waals surface area contributed by atoms with Gasteiger partial charge in [0.1, 0.15) is 34.0 Å². The van der Waals surface area contributed by atoms with Gasteiger partial charge in [0.05, 0.1) is 26.4 Å². The first-order valence-corrected chi connectivity index (χ1v) is 22.8. The Bertz CT molecular complexity index is 2150. The lowest BCUT2D eigenvalue weighted by Crippen LogP contribution is -2.27. The molecule has 2 saturated carbocycles. The van der Waals surface area contributed by atoms with Crippen LogP contribution >= 0.6 is 23.2 Å². The van der Waals surface area contributed by atoms with E-state index >= 15 is 0 Å². The molecule has 0 saturated heterocycles. The fourth-order valence-corrected chi connectivity index (χ4v) is 7.73. The molecule has 0 amide bonds. The van der Waals surface area contributed by atoms with Crippen molar-refractivity contribution < 1.29 is 27.8 Å². The van der Waals surface area contributed by atoms with Crippen LogP contribution in [0.3, 0.4) is 0 Å². The van der Waals surface area contributed by atoms with Crippen LogP contribution in [0.2, 0.25) is 0 Å². The van der Waals surface area contributed by atoms with Crippen molar-refractivity contribution in [2.75, 3.05) is 51.3 Å². The standard InChI is InChI=1S/C29H39N3O3.C19H19Cl2NO3/c1-2-8-23(7-1)30-17-5-19-33-25-13-11-22(12-14-25)29-32-27-16-15-26(21-28(27)35-29)34-20-6-18-31-24-9-3-4-10-24;20-9-1-11-23-15-5-3-14(4-6-15)19-22-17-8-7-16(13-18(17)25-19)24-12-2-10-21/h11-16,21,23-24,30-31H,1-10,17-20H2;3-8,13H,1-2,9-12H2. The second-order valence-electron chi connectivity index (χ2n) is 15.4. The second kappa shape index (κ2) is 23.5. The normalized spacial score (nSPS) is 14.4. The summed E-state index contributed by atoms with van der Waals surface area (Å²) >= 11 is 11.3. The van der Waals surface area contributed by atoms with Gasteiger partial charge in [-0.15, -0.1) is 23.2 Å². The molecule has 8 rings (SSSR count). The second-order valence-corrected chi connectivity index (χ2v) is 16.2. The predicted octanol–water partition coefficient (Wildman–Crippen LogP) is 11.6. The summed E-state index contributed by atoms with van der Waals surface area (Å²) in [6.07, 6.45) is 14.4. The highest BCUT2D eigenvalue weighted by Gasteiger charge is 2.15. The summed E-state index contributed by atoms with van der Waals surface area (Å²) in [4.78, 5) is 9.17. The predicted molar refractivity (Wildman–Crippen MR) is 241 cm³/mol. The van der Waals surface area contributed by atoms with E-state index < -0.39 is 0 Å². The Morgan fingerprint density at radius 2 is 0.850 bits per heavy atom. The SMILES string of the molecule is ClCCCOc1ccc(-c2nc3ccc(OCCCCl)cc3o2)cc1.c1cc(-c2nc3ccc(OCCCNC4CCCC4)cc3o2)ccc1OCCCNC1CCCC1. The summed E-state index contributed by atoms with van der Waals surface area (Å²) in [7, 11) is 0. The van der Waals surface area contributed by atoms with Crippen LogP contribution in [0.25, 0.3) is 45.1 Å². The molecule has 0 radical (unpaired) electrons. The van der Waals surface area contributed by atoms with Gasteiger partial charge in [-0.05, 0) is 137 Å². The molecule has 2 aromatic heterocycles. The summed E-state index contributed by atoms with van der Waals surface area (Å²) in [5.41, 5.74) is 4.91. The number of nitrogens with zero attached hydrogens (tertiary/aromatic N) is 2. The third kappa shape index (κ3) is 13.3. The maximum atomic E-state index is 6.04. The highest BCUT2D eigenvalue weighted by molar-refractivity contribution is 6.18. The van der Waals surface area contributed by atoms with Gasteiger partial charge in [0.2, 0.25) is 11.8 Å². The number of aromatic nitrogens is 2. The van der Waals surface area contributed by atoms with Crippen LogP contribution in [0.1, 0.15) is 77.0 Å². The minimum absolute atomic E-state index is 0.570. The summed E-state index contributed by atoms with van der Waals surface area (Å²) in [5.74, 6) is 5.63. The van der Waals surface area contributed by atoms with Crippen molar-refractivity contribution >= 4 is 45.4 Å². The molecule has 0 spiro atoms. The average Bonchev–Trinajstić information content (AvgIpc) is 4.13. The lowest BCUT2D eigenvalue weighted by Gasteiger charge is -2.12. The molecule has 12 heteroatoms. The van der Waals surface area contributed by atoms with Crippen molar-refractivity contribution in [3.63, 3.8) is 0 Å². The summed E-state index contributed by atoms with van der Waals surface area (Å²) in [6, 6.07) is 28.6. The van der Waals surface area contributed by atoms with E-state index in [-0.39, 0.29) is 0 Å². The lowest BCUT2D eigenvalue weighted by molar-refractivity contribution is 0.304. The topological polar surface area (TPSA) is 113 Å². The van der Waals surface area contributed by atoms with E-state index in [0.717, 1.165) is 102 Å². The van der Waals surface area contributed by atoms with E-state index in [1.807, 2.05) is 84.9 Å². The van der Waals surface area contributed by atoms with Gasteiger partial charge >= 0.3 is 0 Å². The van der Waals surface area contributed by atoms with Crippen molar-refractivity contribution in [3.05, 3.63) is 84.9 Å². The van der Waals surface area contributed by atoms with E-state index in [0.29, 0.717) is 55.0 Å². The highest BCUT2D eigenvalue weighted by Crippen LogP contribution is 2.30. The molecule has 2 fully saturated rings. The molecular formula is C48H58Cl2N4O6. The molecule has 2 aliphatic carbocycles. The summed E-state index contributed by atoms with van der Waals surface area (Å²) in [6.45, 7) is 4.65. The molecule has 2 heterocycles. The van der Waals surface area contributed by atoms with Crippen molar-refractivity contribution in [1.82, 2.24) is 20.6 Å². The van der Waals surface area contributed by atoms with Gasteiger partial charge in [-0.1, -0.05) is 25.7 Å². The van der Waals surface area contributed by atoms with Crippen molar-refractivity contribution in [3.8, 4) is 45.9 Å². The highest BCUT2D eigenvalue weighted by atomic mass is 35.5. The van der Waals surface area contributed by atoms with E-state index in [2.05, 4.69) is 20.6 Å². The molecule has 6 aromatic rings. The Labute approximate surface area is 363 Å². The third-order valence-corrected chi connectivity index (χ3v) is 11.3. The Kier molecular flexibility index (Phi) is 17.1. The van der Waals surface area contributed by atoms with E-state index in [1.54, 1.807) is 0 Å². The number of halogens is 2. The quantitative estimate of drug-likeness (QED) is 0.0505. The van der Waals surface area contributed by atoms with Crippen LogP contribution in [-0.2, 0) is 0 Å². The van der Waals surface area contributed by atoms with Crippen LogP contribution < -0.4 is 29.6 Å². The zero-order valence-corrected chi connectivity index (χ0v) is 36.0. The van der Waals surface area contributed by atoms with Crippen LogP contribution in [0.15, 0.2) is 93.8 Å². The zero-order valence-electron chi connectivity index (χ0n) is 34.5. The van der Waals surface area contributed by atoms with Gasteiger partial charge in [-0.3, -0.25) is 0 Å². The molecule has 320 valence electrons. The summed E-state index contributed by atoms with van der Waals surface area (Å²) in [5, 5.41) is 7.26. The molecule has 0 unspecified atom stereocenters. The van der Waals surface area contributed by atoms with Gasteiger partial charge in [0.15, 0.2) is 11.2 Å². The monoisotopic (exact) mass is 856 g/mol. The Morgan fingerprint density at radius 1 is 0.483 bits per heavy atom. The molecular weight excluding hydrogens is 799 g/mol. The summed E-state index contributed by atoms with van der Waals surface area (Å²) < 4.78 is 35.0. The van der Waals surface area contributed by atoms with Gasteiger partial charge in [-0.25, -0.2) is 9.97 Å². The zero-order chi connectivity index (χ0) is 41.2. The molecule has 0 atom stereocenters. The molecule has 60 heavy (non-hydrogen) atoms. The van der Waals surface area contributed by atoms with Crippen LogP contribution in [0.5, 0.6) is 23.0 Å². The largest absolute Gasteiger partial charge is 0.494 e. The van der Waals surface area contributed by atoms with Gasteiger partial charge in [0.25, 0.3) is 0 Å². The Hall–Kier alpha value is -4.48. The smallest absolute Gasteiger partial charge is 0.227 e. The van der Waals surface area contributed by atoms with Crippen LogP contribution in [0, 0.1) is 0 Å². The van der Waals surface area contributed by atoms with Gasteiger partial charge < -0.3 is 38.4 Å². The average molecular weight is 858 g/mol. The number of nitrogens with one attached hydrogen (secondary N) is 2. The van der Waals surface area contributed by atoms with Crippen molar-refractivity contribution in [2.45, 2.75) is 89.1 Å². The molecule has 2 N–H and O–H groups in total. The van der Waals surface area contributed by atoms with Gasteiger partial charge in [0, 0.05) is 47.1 Å². The first-order chi connectivity index (χ1) is 29.6. The van der Waals surface area contributed by atoms with Crippen molar-refractivity contribution in [2.24, 2.45) is 0 Å². The number of hydrogen-bond acceptors (Lipinski definition) is 10. The number of rotatable bonds is 22. The Morgan fingerprint density at radius 3 is 1.25 bits per heavy atom. The maximum absolute atomic E-state index is 6.04. The number of hydrogen-bond donors (Lipinski definition) is 2. The maximum Gasteiger partial charge on any atom is 0.227 e. The molecule has 0 aliphatic heterocycles. The molecule has 4 aromatic carbocycles. The number of fused-ring (bicyclic) bond motifs is 2. The first-order valence-electron chi connectivity index (χ1n) is 21.8. The fraction of sp³-hybridized carbons (Fsp3) is 0.458. The third-order valence-electron chi connectivity index (χ3n) is 10.8. The number of oxazole rings is 2. The fourth-order valence-electron chi connectivity index (χ4n) is 7.51. The number of ether oxygens (including phenoxy) is 4. The lowest BCUT2D eigenvalue weighted by atomic mass is 10.2. The van der Waals surface area contributed by atoms with E-state index in [1.165, 1.54) is 51.4 Å². The van der Waals surface area contributed by atoms with E-state index in [4.69, 9.17) is 51.0 Å². The molecule has 10 nitrogen and oxygen atoms in total. The number of benzene rings is 4. The van der Waals surface area contributed by atoms with Crippen LogP contribution in [-0.4, -0.2) is 73.3 Å². The van der Waals surface area contributed by atoms with Crippen molar-refractivity contribution in [1.29, 1.82) is 0 Å². The molecule has 0 bridgehead atoms. The van der Waals surface area contributed by atoms with Crippen LogP contribution in [0.4, 0.5) is 0 Å². The number of alkyl halides is 2. The molecule has 2 aliphatic rings. The van der Waals surface area contributed by atoms with Gasteiger partial charge in [-0.2, -0.15) is 0 Å².